The lowest BCUT2D eigenvalue weighted by Crippen LogP contribution is -2.50. The first-order valence-corrected chi connectivity index (χ1v) is 7.38. The van der Waals surface area contributed by atoms with Gasteiger partial charge < -0.3 is 14.9 Å². The van der Waals surface area contributed by atoms with Crippen molar-refractivity contribution in [1.82, 2.24) is 9.80 Å². The van der Waals surface area contributed by atoms with Crippen LogP contribution < -0.4 is 0 Å². The molecule has 3 rings (SSSR count). The van der Waals surface area contributed by atoms with E-state index in [0.717, 1.165) is 25.8 Å². The second-order valence-electron chi connectivity index (χ2n) is 6.35. The molecule has 2 atom stereocenters. The number of rotatable bonds is 4. The summed E-state index contributed by atoms with van der Waals surface area (Å²) >= 11 is 0. The number of carboxylic acids is 1. The first kappa shape index (κ1) is 12.8. The van der Waals surface area contributed by atoms with E-state index >= 15 is 0 Å². The van der Waals surface area contributed by atoms with Crippen molar-refractivity contribution >= 4 is 12.0 Å². The molecule has 3 fully saturated rings. The first-order valence-electron chi connectivity index (χ1n) is 7.38. The van der Waals surface area contributed by atoms with Gasteiger partial charge in [0.1, 0.15) is 6.04 Å². The van der Waals surface area contributed by atoms with Crippen molar-refractivity contribution in [1.29, 1.82) is 0 Å². The van der Waals surface area contributed by atoms with Crippen molar-refractivity contribution in [3.8, 4) is 0 Å². The number of hydrogen-bond acceptors (Lipinski definition) is 2. The molecule has 1 aliphatic heterocycles. The summed E-state index contributed by atoms with van der Waals surface area (Å²) in [6.45, 7) is 3.35. The quantitative estimate of drug-likeness (QED) is 0.843. The lowest BCUT2D eigenvalue weighted by atomic mass is 10.0. The standard InChI is InChI=1S/C14H22N2O3/c1-9-6-7-15(12(9)13(17)18)14(19)16(11-4-5-11)8-10-2-3-10/h9-12H,2-8H2,1H3,(H,17,18). The Morgan fingerprint density at radius 2 is 1.89 bits per heavy atom. The van der Waals surface area contributed by atoms with Gasteiger partial charge in [-0.25, -0.2) is 9.59 Å². The molecule has 0 aromatic rings. The molecule has 2 saturated carbocycles. The predicted octanol–water partition coefficient (Wildman–Crippen LogP) is 1.78. The summed E-state index contributed by atoms with van der Waals surface area (Å²) in [4.78, 5) is 27.5. The van der Waals surface area contributed by atoms with E-state index in [1.165, 1.54) is 12.8 Å². The van der Waals surface area contributed by atoms with Crippen LogP contribution in [0.5, 0.6) is 0 Å². The highest BCUT2D eigenvalue weighted by atomic mass is 16.4. The van der Waals surface area contributed by atoms with E-state index in [4.69, 9.17) is 0 Å². The van der Waals surface area contributed by atoms with Crippen molar-refractivity contribution in [2.45, 2.75) is 51.1 Å². The van der Waals surface area contributed by atoms with Crippen LogP contribution in [0.3, 0.4) is 0 Å². The third kappa shape index (κ3) is 2.55. The minimum absolute atomic E-state index is 0.0360. The number of hydrogen-bond donors (Lipinski definition) is 1. The van der Waals surface area contributed by atoms with Crippen LogP contribution in [-0.2, 0) is 4.79 Å². The molecule has 0 spiro atoms. The number of carboxylic acid groups (broad SMARTS) is 1. The van der Waals surface area contributed by atoms with E-state index in [0.29, 0.717) is 18.5 Å². The fraction of sp³-hybridized carbons (Fsp3) is 0.857. The second-order valence-corrected chi connectivity index (χ2v) is 6.35. The van der Waals surface area contributed by atoms with Gasteiger partial charge >= 0.3 is 12.0 Å². The van der Waals surface area contributed by atoms with Crippen LogP contribution in [0.15, 0.2) is 0 Å². The zero-order chi connectivity index (χ0) is 13.6. The third-order valence-corrected chi connectivity index (χ3v) is 4.58. The van der Waals surface area contributed by atoms with Gasteiger partial charge in [-0.3, -0.25) is 0 Å². The number of nitrogens with zero attached hydrogens (tertiary/aromatic N) is 2. The van der Waals surface area contributed by atoms with E-state index < -0.39 is 12.0 Å². The van der Waals surface area contributed by atoms with Crippen LogP contribution in [0.4, 0.5) is 4.79 Å². The molecule has 5 heteroatoms. The highest BCUT2D eigenvalue weighted by Crippen LogP contribution is 2.36. The van der Waals surface area contributed by atoms with Gasteiger partial charge in [-0.15, -0.1) is 0 Å². The monoisotopic (exact) mass is 266 g/mol. The predicted molar refractivity (Wildman–Crippen MR) is 69.8 cm³/mol. The molecule has 1 N–H and O–H groups in total. The smallest absolute Gasteiger partial charge is 0.326 e. The Bertz CT molecular complexity index is 390. The SMILES string of the molecule is CC1CCN(C(=O)N(CC2CC2)C2CC2)C1C(=O)O. The van der Waals surface area contributed by atoms with Crippen LogP contribution in [-0.4, -0.2) is 52.1 Å². The van der Waals surface area contributed by atoms with Gasteiger partial charge in [-0.05, 0) is 43.9 Å². The number of carbonyl (C=O) groups is 2. The van der Waals surface area contributed by atoms with E-state index in [1.807, 2.05) is 11.8 Å². The van der Waals surface area contributed by atoms with Gasteiger partial charge in [-0.2, -0.15) is 0 Å². The average molecular weight is 266 g/mol. The molecule has 106 valence electrons. The van der Waals surface area contributed by atoms with Gasteiger partial charge in [0.25, 0.3) is 0 Å². The van der Waals surface area contributed by atoms with E-state index in [-0.39, 0.29) is 11.9 Å². The molecule has 1 heterocycles. The topological polar surface area (TPSA) is 60.9 Å². The third-order valence-electron chi connectivity index (χ3n) is 4.58. The fourth-order valence-corrected chi connectivity index (χ4v) is 3.05. The average Bonchev–Trinajstić information content (AvgIpc) is 3.23. The minimum atomic E-state index is -0.861. The van der Waals surface area contributed by atoms with Crippen LogP contribution in [0.2, 0.25) is 0 Å². The molecule has 0 radical (unpaired) electrons. The van der Waals surface area contributed by atoms with E-state index in [9.17, 15) is 14.7 Å². The largest absolute Gasteiger partial charge is 0.480 e. The summed E-state index contributed by atoms with van der Waals surface area (Å²) in [5.74, 6) is -0.142. The molecule has 2 unspecified atom stereocenters. The molecule has 2 amide bonds. The van der Waals surface area contributed by atoms with Crippen LogP contribution >= 0.6 is 0 Å². The van der Waals surface area contributed by atoms with Crippen LogP contribution in [0, 0.1) is 11.8 Å². The molecule has 19 heavy (non-hydrogen) atoms. The zero-order valence-electron chi connectivity index (χ0n) is 11.4. The minimum Gasteiger partial charge on any atom is -0.480 e. The van der Waals surface area contributed by atoms with Crippen molar-refractivity contribution < 1.29 is 14.7 Å². The van der Waals surface area contributed by atoms with Crippen molar-refractivity contribution in [3.05, 3.63) is 0 Å². The number of urea groups is 1. The molecule has 2 aliphatic carbocycles. The highest BCUT2D eigenvalue weighted by Gasteiger charge is 2.45. The molecule has 1 saturated heterocycles. The number of carbonyl (C=O) groups excluding carboxylic acids is 1. The molecule has 5 nitrogen and oxygen atoms in total. The number of amides is 2. The fourth-order valence-electron chi connectivity index (χ4n) is 3.05. The molecular weight excluding hydrogens is 244 g/mol. The van der Waals surface area contributed by atoms with Crippen LogP contribution in [0.1, 0.15) is 39.0 Å². The summed E-state index contributed by atoms with van der Waals surface area (Å²) in [6.07, 6.45) is 5.40. The molecule has 3 aliphatic rings. The Morgan fingerprint density at radius 1 is 1.21 bits per heavy atom. The van der Waals surface area contributed by atoms with Gasteiger partial charge in [-0.1, -0.05) is 6.92 Å². The summed E-state index contributed by atoms with van der Waals surface area (Å²) in [5, 5.41) is 9.32. The van der Waals surface area contributed by atoms with Gasteiger partial charge in [0.05, 0.1) is 0 Å². The highest BCUT2D eigenvalue weighted by molar-refractivity contribution is 5.84. The Hall–Kier alpha value is -1.26. The number of likely N-dealkylation sites (tertiary alicyclic amines) is 1. The lowest BCUT2D eigenvalue weighted by molar-refractivity contribution is -0.142. The summed E-state index contributed by atoms with van der Waals surface area (Å²) in [7, 11) is 0. The molecule has 0 bridgehead atoms. The molecular formula is C14H22N2O3. The summed E-state index contributed by atoms with van der Waals surface area (Å²) in [6, 6.07) is -0.294. The Labute approximate surface area is 113 Å². The lowest BCUT2D eigenvalue weighted by Gasteiger charge is -2.31. The van der Waals surface area contributed by atoms with Crippen molar-refractivity contribution in [2.24, 2.45) is 11.8 Å². The maximum absolute atomic E-state index is 12.6. The van der Waals surface area contributed by atoms with E-state index in [2.05, 4.69) is 0 Å². The van der Waals surface area contributed by atoms with Crippen molar-refractivity contribution in [3.63, 3.8) is 0 Å². The van der Waals surface area contributed by atoms with Gasteiger partial charge in [0, 0.05) is 19.1 Å². The molecule has 0 aromatic heterocycles. The second kappa shape index (κ2) is 4.69. The van der Waals surface area contributed by atoms with E-state index in [1.54, 1.807) is 4.90 Å². The van der Waals surface area contributed by atoms with Crippen molar-refractivity contribution in [2.75, 3.05) is 13.1 Å². The van der Waals surface area contributed by atoms with Crippen LogP contribution in [0.25, 0.3) is 0 Å². The number of aliphatic carboxylic acids is 1. The van der Waals surface area contributed by atoms with Gasteiger partial charge in [0.15, 0.2) is 0 Å². The maximum atomic E-state index is 12.6. The summed E-state index contributed by atoms with van der Waals surface area (Å²) in [5.41, 5.74) is 0. The Balaban J connectivity index is 1.71. The normalized spacial score (nSPS) is 30.5. The zero-order valence-corrected chi connectivity index (χ0v) is 11.4. The first-order chi connectivity index (χ1) is 9.08. The Kier molecular flexibility index (Phi) is 3.15. The summed E-state index contributed by atoms with van der Waals surface area (Å²) < 4.78 is 0. The Morgan fingerprint density at radius 3 is 2.42 bits per heavy atom. The maximum Gasteiger partial charge on any atom is 0.326 e. The molecule has 0 aromatic carbocycles. The van der Waals surface area contributed by atoms with Gasteiger partial charge in [0.2, 0.25) is 0 Å².